The van der Waals surface area contributed by atoms with E-state index in [1.165, 1.54) is 0 Å². The molecule has 0 bridgehead atoms. The number of amides is 2. The summed E-state index contributed by atoms with van der Waals surface area (Å²) in [5.74, 6) is 0. The summed E-state index contributed by atoms with van der Waals surface area (Å²) >= 11 is 0. The minimum absolute atomic E-state index is 0.0289. The fourth-order valence-corrected chi connectivity index (χ4v) is 1.11. The fraction of sp³-hybridized carbons (Fsp3) is 0.667. The molecular formula is C3H7N2OP. The maximum atomic E-state index is 10.2. The first-order valence-corrected chi connectivity index (χ1v) is 3.53. The van der Waals surface area contributed by atoms with E-state index in [9.17, 15) is 4.79 Å². The van der Waals surface area contributed by atoms with Crippen LogP contribution < -0.4 is 10.6 Å². The predicted octanol–water partition coefficient (Wildman–Crippen LogP) is -0.107. The lowest BCUT2D eigenvalue weighted by Gasteiger charge is -2.11. The summed E-state index contributed by atoms with van der Waals surface area (Å²) < 4.78 is 0. The second kappa shape index (κ2) is 2.12. The van der Waals surface area contributed by atoms with Crippen LogP contribution in [0.2, 0.25) is 0 Å². The van der Waals surface area contributed by atoms with Crippen molar-refractivity contribution in [2.24, 2.45) is 0 Å². The van der Waals surface area contributed by atoms with Gasteiger partial charge in [0.1, 0.15) is 0 Å². The van der Waals surface area contributed by atoms with Gasteiger partial charge in [0.25, 0.3) is 0 Å². The van der Waals surface area contributed by atoms with Crippen LogP contribution in [0.3, 0.4) is 0 Å². The number of nitrogens with one attached hydrogen (secondary N) is 2. The summed E-state index contributed by atoms with van der Waals surface area (Å²) in [6.07, 6.45) is 1.71. The highest BCUT2D eigenvalue weighted by molar-refractivity contribution is 7.38. The Morgan fingerprint density at radius 3 is 2.29 bits per heavy atom. The van der Waals surface area contributed by atoms with E-state index in [-0.39, 0.29) is 6.03 Å². The number of hydrogen-bond donors (Lipinski definition) is 2. The first-order valence-electron chi connectivity index (χ1n) is 2.12. The monoisotopic (exact) mass is 118 g/mol. The van der Waals surface area contributed by atoms with E-state index in [0.717, 1.165) is 21.2 Å². The Kier molecular flexibility index (Phi) is 1.47. The lowest BCUT2D eigenvalue weighted by molar-refractivity contribution is 0.243. The largest absolute Gasteiger partial charge is 0.334 e. The summed E-state index contributed by atoms with van der Waals surface area (Å²) in [4.78, 5) is 10.2. The zero-order chi connectivity index (χ0) is 5.11. The molecule has 0 aromatic carbocycles. The van der Waals surface area contributed by atoms with Gasteiger partial charge in [-0.15, -0.1) is 0 Å². The van der Waals surface area contributed by atoms with E-state index in [2.05, 4.69) is 10.6 Å². The first-order chi connectivity index (χ1) is 3.39. The van der Waals surface area contributed by atoms with Crippen LogP contribution in [0.15, 0.2) is 0 Å². The molecule has 2 amide bonds. The van der Waals surface area contributed by atoms with Gasteiger partial charge in [0.05, 0.1) is 0 Å². The van der Waals surface area contributed by atoms with Crippen LogP contribution in [0.5, 0.6) is 0 Å². The average molecular weight is 118 g/mol. The van der Waals surface area contributed by atoms with Crippen molar-refractivity contribution >= 4 is 14.6 Å². The van der Waals surface area contributed by atoms with Crippen molar-refractivity contribution in [3.8, 4) is 0 Å². The van der Waals surface area contributed by atoms with E-state index in [0.29, 0.717) is 0 Å². The Labute approximate surface area is 43.6 Å². The van der Waals surface area contributed by atoms with Crippen LogP contribution in [0.4, 0.5) is 4.79 Å². The number of rotatable bonds is 0. The third kappa shape index (κ3) is 1.32. The highest BCUT2D eigenvalue weighted by Crippen LogP contribution is 2.05. The number of carbonyl (C=O) groups excluding carboxylic acids is 1. The maximum Gasteiger partial charge on any atom is 0.315 e. The molecule has 1 rings (SSSR count). The van der Waals surface area contributed by atoms with Crippen LogP contribution in [0, 0.1) is 0 Å². The molecule has 7 heavy (non-hydrogen) atoms. The summed E-state index contributed by atoms with van der Waals surface area (Å²) in [5.41, 5.74) is 0. The molecular weight excluding hydrogens is 111 g/mol. The van der Waals surface area contributed by atoms with E-state index in [1.807, 2.05) is 0 Å². The highest BCUT2D eigenvalue weighted by Gasteiger charge is 2.01. The van der Waals surface area contributed by atoms with E-state index >= 15 is 0 Å². The molecule has 1 heterocycles. The van der Waals surface area contributed by atoms with Gasteiger partial charge in [-0.05, 0) is 0 Å². The first kappa shape index (κ1) is 4.85. The van der Waals surface area contributed by atoms with Gasteiger partial charge in [0.15, 0.2) is 0 Å². The molecule has 0 aliphatic carbocycles. The third-order valence-electron chi connectivity index (χ3n) is 0.748. The molecule has 0 aromatic rings. The zero-order valence-corrected chi connectivity index (χ0v) is 4.82. The van der Waals surface area contributed by atoms with Crippen molar-refractivity contribution < 1.29 is 4.79 Å². The molecule has 0 saturated carbocycles. The molecule has 1 aliphatic rings. The summed E-state index contributed by atoms with van der Waals surface area (Å²) in [6.45, 7) is 0. The lowest BCUT2D eigenvalue weighted by atomic mass is 10.9. The van der Waals surface area contributed by atoms with Crippen LogP contribution in [-0.2, 0) is 0 Å². The van der Waals surface area contributed by atoms with Gasteiger partial charge in [-0.25, -0.2) is 4.79 Å². The van der Waals surface area contributed by atoms with Crippen LogP contribution >= 0.6 is 8.58 Å². The van der Waals surface area contributed by atoms with Crippen molar-refractivity contribution in [1.29, 1.82) is 0 Å². The Balaban J connectivity index is 2.25. The molecule has 0 atom stereocenters. The van der Waals surface area contributed by atoms with Crippen LogP contribution in [0.1, 0.15) is 0 Å². The molecule has 0 spiro atoms. The molecule has 2 N–H and O–H groups in total. The number of hydrogen-bond acceptors (Lipinski definition) is 1. The highest BCUT2D eigenvalue weighted by atomic mass is 31.1. The van der Waals surface area contributed by atoms with E-state index in [1.54, 1.807) is 0 Å². The van der Waals surface area contributed by atoms with Crippen molar-refractivity contribution in [3.63, 3.8) is 0 Å². The maximum absolute atomic E-state index is 10.2. The van der Waals surface area contributed by atoms with Crippen LogP contribution in [0.25, 0.3) is 0 Å². The molecule has 0 radical (unpaired) electrons. The number of carbonyl (C=O) groups is 1. The third-order valence-corrected chi connectivity index (χ3v) is 1.60. The van der Waals surface area contributed by atoms with Gasteiger partial charge in [-0.1, -0.05) is 8.58 Å². The fourth-order valence-electron chi connectivity index (χ4n) is 0.411. The summed E-state index contributed by atoms with van der Waals surface area (Å²) in [5, 5.41) is 5.29. The standard InChI is InChI=1S/C3H7N2OP/c6-3-4-1-7-2-5-3/h7H,1-2H2,(H2,4,5,6). The summed E-state index contributed by atoms with van der Waals surface area (Å²) in [6, 6.07) is -0.0289. The predicted molar refractivity (Wildman–Crippen MR) is 29.7 cm³/mol. The minimum Gasteiger partial charge on any atom is -0.334 e. The Bertz CT molecular complexity index is 77.0. The zero-order valence-electron chi connectivity index (χ0n) is 3.82. The molecule has 1 saturated heterocycles. The molecule has 0 unspecified atom stereocenters. The topological polar surface area (TPSA) is 41.1 Å². The van der Waals surface area contributed by atoms with Gasteiger partial charge >= 0.3 is 6.03 Å². The molecule has 40 valence electrons. The van der Waals surface area contributed by atoms with E-state index in [4.69, 9.17) is 0 Å². The quantitative estimate of drug-likeness (QED) is 0.428. The lowest BCUT2D eigenvalue weighted by Crippen LogP contribution is -2.38. The SMILES string of the molecule is O=C1NCPCN1. The molecule has 3 nitrogen and oxygen atoms in total. The smallest absolute Gasteiger partial charge is 0.315 e. The van der Waals surface area contributed by atoms with Gasteiger partial charge in [0, 0.05) is 12.6 Å². The van der Waals surface area contributed by atoms with Gasteiger partial charge in [0.2, 0.25) is 0 Å². The summed E-state index contributed by atoms with van der Waals surface area (Å²) in [7, 11) is 0.845. The van der Waals surface area contributed by atoms with E-state index < -0.39 is 0 Å². The molecule has 1 fully saturated rings. The Hall–Kier alpha value is -0.300. The normalized spacial score (nSPS) is 20.3. The molecule has 0 aromatic heterocycles. The Morgan fingerprint density at radius 1 is 1.43 bits per heavy atom. The average Bonchev–Trinajstić information content (AvgIpc) is 1.69. The van der Waals surface area contributed by atoms with Gasteiger partial charge in [-0.2, -0.15) is 0 Å². The molecule has 4 heteroatoms. The van der Waals surface area contributed by atoms with Crippen LogP contribution in [-0.4, -0.2) is 18.6 Å². The van der Waals surface area contributed by atoms with Crippen molar-refractivity contribution in [3.05, 3.63) is 0 Å². The van der Waals surface area contributed by atoms with Crippen molar-refractivity contribution in [1.82, 2.24) is 10.6 Å². The second-order valence-electron chi connectivity index (χ2n) is 1.29. The number of urea groups is 1. The Morgan fingerprint density at radius 2 is 2.00 bits per heavy atom. The van der Waals surface area contributed by atoms with Crippen molar-refractivity contribution in [2.75, 3.05) is 12.6 Å². The molecule has 1 aliphatic heterocycles. The second-order valence-corrected chi connectivity index (χ2v) is 2.49. The minimum atomic E-state index is -0.0289. The van der Waals surface area contributed by atoms with Gasteiger partial charge < -0.3 is 10.6 Å². The van der Waals surface area contributed by atoms with Gasteiger partial charge in [-0.3, -0.25) is 0 Å². The van der Waals surface area contributed by atoms with Crippen molar-refractivity contribution in [2.45, 2.75) is 0 Å².